The van der Waals surface area contributed by atoms with Gasteiger partial charge in [-0.1, -0.05) is 37.3 Å². The molecule has 0 aromatic heterocycles. The molecule has 3 rings (SSSR count). The van der Waals surface area contributed by atoms with Gasteiger partial charge in [0.25, 0.3) is 0 Å². The summed E-state index contributed by atoms with van der Waals surface area (Å²) in [5, 5.41) is 12.0. The van der Waals surface area contributed by atoms with Crippen molar-refractivity contribution in [3.8, 4) is 5.75 Å². The van der Waals surface area contributed by atoms with E-state index in [0.717, 1.165) is 36.0 Å². The number of aliphatic carboxylic acids is 1. The lowest BCUT2D eigenvalue weighted by Crippen LogP contribution is -2.35. The number of nitrogens with one attached hydrogen (secondary N) is 1. The van der Waals surface area contributed by atoms with E-state index in [9.17, 15) is 9.59 Å². The molecule has 1 aliphatic rings. The molecule has 5 heteroatoms. The van der Waals surface area contributed by atoms with Gasteiger partial charge in [0.15, 0.2) is 6.61 Å². The summed E-state index contributed by atoms with van der Waals surface area (Å²) in [5.74, 6) is -0.108. The topological polar surface area (TPSA) is 75.6 Å². The first-order valence-electron chi connectivity index (χ1n) is 10.1. The van der Waals surface area contributed by atoms with E-state index in [4.69, 9.17) is 9.84 Å². The fraction of sp³-hybridized carbons (Fsp3) is 0.417. The van der Waals surface area contributed by atoms with E-state index in [1.54, 1.807) is 0 Å². The van der Waals surface area contributed by atoms with Crippen LogP contribution < -0.4 is 10.1 Å². The molecule has 0 spiro atoms. The Labute approximate surface area is 172 Å². The summed E-state index contributed by atoms with van der Waals surface area (Å²) in [6.45, 7) is 6.22. The summed E-state index contributed by atoms with van der Waals surface area (Å²) >= 11 is 0. The number of amides is 1. The molecule has 154 valence electrons. The van der Waals surface area contributed by atoms with E-state index >= 15 is 0 Å². The number of carboxylic acids is 1. The van der Waals surface area contributed by atoms with Crippen molar-refractivity contribution in [2.24, 2.45) is 11.8 Å². The Hall–Kier alpha value is -2.82. The number of ether oxygens (including phenoxy) is 1. The normalized spacial score (nSPS) is 16.6. The second-order valence-corrected chi connectivity index (χ2v) is 7.95. The van der Waals surface area contributed by atoms with Gasteiger partial charge in [-0.3, -0.25) is 4.79 Å². The molecule has 0 aliphatic heterocycles. The maximum atomic E-state index is 12.7. The average Bonchev–Trinajstić information content (AvgIpc) is 2.73. The van der Waals surface area contributed by atoms with Crippen LogP contribution in [0.4, 0.5) is 0 Å². The van der Waals surface area contributed by atoms with Crippen LogP contribution in [0.2, 0.25) is 0 Å². The molecule has 2 N–H and O–H groups in total. The molecule has 2 atom stereocenters. The van der Waals surface area contributed by atoms with Crippen molar-refractivity contribution in [2.45, 2.75) is 46.6 Å². The van der Waals surface area contributed by atoms with E-state index in [1.807, 2.05) is 57.2 Å². The minimum Gasteiger partial charge on any atom is -0.482 e. The van der Waals surface area contributed by atoms with Crippen molar-refractivity contribution in [1.82, 2.24) is 5.32 Å². The van der Waals surface area contributed by atoms with E-state index in [-0.39, 0.29) is 24.3 Å². The van der Waals surface area contributed by atoms with Crippen molar-refractivity contribution in [3.63, 3.8) is 0 Å². The van der Waals surface area contributed by atoms with Crippen LogP contribution in [0.15, 0.2) is 36.4 Å². The van der Waals surface area contributed by atoms with Crippen molar-refractivity contribution in [3.05, 3.63) is 64.2 Å². The average molecular weight is 395 g/mol. The quantitative estimate of drug-likeness (QED) is 0.747. The Morgan fingerprint density at radius 1 is 1.21 bits per heavy atom. The second-order valence-electron chi connectivity index (χ2n) is 7.95. The van der Waals surface area contributed by atoms with Gasteiger partial charge in [-0.2, -0.15) is 0 Å². The molecular formula is C24H29NO4. The van der Waals surface area contributed by atoms with Gasteiger partial charge in [-0.05, 0) is 72.9 Å². The van der Waals surface area contributed by atoms with Gasteiger partial charge in [-0.25, -0.2) is 4.79 Å². The lowest BCUT2D eigenvalue weighted by molar-refractivity contribution is -0.139. The molecule has 1 amide bonds. The first-order chi connectivity index (χ1) is 13.9. The first kappa shape index (κ1) is 20.9. The second kappa shape index (κ2) is 9.12. The van der Waals surface area contributed by atoms with Crippen LogP contribution in [0.3, 0.4) is 0 Å². The van der Waals surface area contributed by atoms with Crippen LogP contribution in [0.25, 0.3) is 0 Å². The number of aryl methyl sites for hydroxylation is 1. The Balaban J connectivity index is 1.70. The predicted molar refractivity (Wildman–Crippen MR) is 112 cm³/mol. The third kappa shape index (κ3) is 4.97. The molecule has 29 heavy (non-hydrogen) atoms. The van der Waals surface area contributed by atoms with Gasteiger partial charge in [0, 0.05) is 12.5 Å². The van der Waals surface area contributed by atoms with Crippen molar-refractivity contribution >= 4 is 11.9 Å². The molecule has 0 saturated carbocycles. The summed E-state index contributed by atoms with van der Waals surface area (Å²) in [4.78, 5) is 23.6. The number of hydrogen-bond donors (Lipinski definition) is 2. The van der Waals surface area contributed by atoms with E-state index < -0.39 is 5.97 Å². The molecule has 0 unspecified atom stereocenters. The molecule has 2 aromatic carbocycles. The highest BCUT2D eigenvalue weighted by Gasteiger charge is 2.30. The fourth-order valence-corrected chi connectivity index (χ4v) is 4.20. The Morgan fingerprint density at radius 3 is 2.62 bits per heavy atom. The number of benzene rings is 2. The number of carboxylic acid groups (broad SMARTS) is 1. The number of hydrogen-bond acceptors (Lipinski definition) is 3. The Kier molecular flexibility index (Phi) is 6.57. The molecule has 5 nitrogen and oxygen atoms in total. The molecule has 2 aromatic rings. The minimum atomic E-state index is -0.985. The number of rotatable bonds is 7. The maximum Gasteiger partial charge on any atom is 0.341 e. The lowest BCUT2D eigenvalue weighted by atomic mass is 9.74. The third-order valence-electron chi connectivity index (χ3n) is 6.02. The van der Waals surface area contributed by atoms with Crippen LogP contribution in [-0.2, 0) is 29.0 Å². The highest BCUT2D eigenvalue weighted by Crippen LogP contribution is 2.37. The van der Waals surface area contributed by atoms with E-state index in [1.165, 1.54) is 11.1 Å². The minimum absolute atomic E-state index is 0.0787. The van der Waals surface area contributed by atoms with Crippen molar-refractivity contribution in [2.75, 3.05) is 6.61 Å². The fourth-order valence-electron chi connectivity index (χ4n) is 4.20. The number of fused-ring (bicyclic) bond motifs is 1. The van der Waals surface area contributed by atoms with Crippen LogP contribution in [0.1, 0.15) is 41.2 Å². The zero-order chi connectivity index (χ0) is 21.0. The number of carbonyl (C=O) groups excluding carboxylic acids is 1. The van der Waals surface area contributed by atoms with Gasteiger partial charge in [0.2, 0.25) is 5.91 Å². The monoisotopic (exact) mass is 395 g/mol. The molecule has 0 saturated heterocycles. The van der Waals surface area contributed by atoms with Gasteiger partial charge < -0.3 is 15.2 Å². The maximum absolute atomic E-state index is 12.7. The van der Waals surface area contributed by atoms with Gasteiger partial charge in [0.1, 0.15) is 5.75 Å². The Bertz CT molecular complexity index is 891. The predicted octanol–water partition coefficient (Wildman–Crippen LogP) is 3.82. The van der Waals surface area contributed by atoms with Crippen LogP contribution in [0, 0.1) is 25.7 Å². The zero-order valence-corrected chi connectivity index (χ0v) is 17.3. The van der Waals surface area contributed by atoms with E-state index in [0.29, 0.717) is 12.3 Å². The summed E-state index contributed by atoms with van der Waals surface area (Å²) in [6, 6.07) is 11.9. The SMILES string of the molecule is Cc1cc(OCC(=O)O)c(C)c2c1CC[C@@H]([C@H](C)C(=O)NCc1ccccc1)C2. The molecule has 0 fully saturated rings. The third-order valence-corrected chi connectivity index (χ3v) is 6.02. The number of carbonyl (C=O) groups is 2. The van der Waals surface area contributed by atoms with E-state index in [2.05, 4.69) is 5.32 Å². The highest BCUT2D eigenvalue weighted by molar-refractivity contribution is 5.78. The largest absolute Gasteiger partial charge is 0.482 e. The zero-order valence-electron chi connectivity index (χ0n) is 17.3. The Morgan fingerprint density at radius 2 is 1.93 bits per heavy atom. The summed E-state index contributed by atoms with van der Waals surface area (Å²) < 4.78 is 5.50. The van der Waals surface area contributed by atoms with Gasteiger partial charge in [0.05, 0.1) is 0 Å². The molecular weight excluding hydrogens is 366 g/mol. The van der Waals surface area contributed by atoms with Gasteiger partial charge in [-0.15, -0.1) is 0 Å². The highest BCUT2D eigenvalue weighted by atomic mass is 16.5. The molecule has 1 aliphatic carbocycles. The van der Waals surface area contributed by atoms with Crippen LogP contribution in [0.5, 0.6) is 5.75 Å². The first-order valence-corrected chi connectivity index (χ1v) is 10.1. The molecule has 0 radical (unpaired) electrons. The van der Waals surface area contributed by atoms with Crippen molar-refractivity contribution < 1.29 is 19.4 Å². The standard InChI is InChI=1S/C24H29NO4/c1-15-11-22(29-14-23(26)27)17(3)21-12-19(9-10-20(15)21)16(2)24(28)25-13-18-7-5-4-6-8-18/h4-8,11,16,19H,9-10,12-14H2,1-3H3,(H,25,28)(H,26,27)/t16-,19+/m0/s1. The summed E-state index contributed by atoms with van der Waals surface area (Å²) in [7, 11) is 0. The van der Waals surface area contributed by atoms with Gasteiger partial charge >= 0.3 is 5.97 Å². The van der Waals surface area contributed by atoms with Crippen LogP contribution in [-0.4, -0.2) is 23.6 Å². The summed E-state index contributed by atoms with van der Waals surface area (Å²) in [5.41, 5.74) is 5.75. The lowest BCUT2D eigenvalue weighted by Gasteiger charge is -2.31. The molecule has 0 bridgehead atoms. The van der Waals surface area contributed by atoms with Crippen LogP contribution >= 0.6 is 0 Å². The summed E-state index contributed by atoms with van der Waals surface area (Å²) in [6.07, 6.45) is 2.72. The van der Waals surface area contributed by atoms with Crippen molar-refractivity contribution in [1.29, 1.82) is 0 Å². The molecule has 0 heterocycles. The smallest absolute Gasteiger partial charge is 0.341 e.